The van der Waals surface area contributed by atoms with Crippen molar-refractivity contribution in [1.82, 2.24) is 0 Å². The van der Waals surface area contributed by atoms with E-state index in [0.717, 1.165) is 12.8 Å². The van der Waals surface area contributed by atoms with Gasteiger partial charge in [0, 0.05) is 0 Å². The monoisotopic (exact) mass is 260 g/mol. The van der Waals surface area contributed by atoms with Gasteiger partial charge in [0.1, 0.15) is 0 Å². The Balaban J connectivity index is 1.72. The lowest BCUT2D eigenvalue weighted by molar-refractivity contribution is 0.108. The van der Waals surface area contributed by atoms with Crippen LogP contribution in [0.5, 0.6) is 0 Å². The maximum atomic E-state index is 11.3. The van der Waals surface area contributed by atoms with Crippen LogP contribution in [0.1, 0.15) is 51.4 Å². The number of rotatable bonds is 4. The molecule has 0 aromatic rings. The maximum Gasteiger partial charge on any atom is 0.150 e. The number of aliphatic hydroxyl groups excluding tert-OH is 1. The molecule has 0 aromatic heterocycles. The molecule has 3 nitrogen and oxygen atoms in total. The van der Waals surface area contributed by atoms with Crippen molar-refractivity contribution in [2.45, 2.75) is 57.5 Å². The second-order valence-corrected chi connectivity index (χ2v) is 8.13. The lowest BCUT2D eigenvalue weighted by atomic mass is 9.84. The Morgan fingerprint density at radius 1 is 1.00 bits per heavy atom. The first-order chi connectivity index (χ1) is 8.05. The quantitative estimate of drug-likeness (QED) is 0.842. The highest BCUT2D eigenvalue weighted by molar-refractivity contribution is 7.91. The Morgan fingerprint density at radius 2 is 1.65 bits per heavy atom. The fourth-order valence-electron chi connectivity index (χ4n) is 3.35. The van der Waals surface area contributed by atoms with Crippen molar-refractivity contribution in [1.29, 1.82) is 0 Å². The maximum absolute atomic E-state index is 11.3. The molecule has 0 aromatic carbocycles. The highest BCUT2D eigenvalue weighted by Gasteiger charge is 2.30. The molecule has 0 spiro atoms. The van der Waals surface area contributed by atoms with Crippen molar-refractivity contribution < 1.29 is 13.5 Å². The van der Waals surface area contributed by atoms with Gasteiger partial charge in [-0.25, -0.2) is 8.42 Å². The highest BCUT2D eigenvalue weighted by atomic mass is 32.2. The average molecular weight is 260 g/mol. The number of aliphatic hydroxyl groups is 1. The molecule has 0 bridgehead atoms. The van der Waals surface area contributed by atoms with E-state index in [4.69, 9.17) is 0 Å². The van der Waals surface area contributed by atoms with Gasteiger partial charge in [-0.1, -0.05) is 32.1 Å². The van der Waals surface area contributed by atoms with E-state index < -0.39 is 9.84 Å². The highest BCUT2D eigenvalue weighted by Crippen LogP contribution is 2.30. The van der Waals surface area contributed by atoms with Crippen molar-refractivity contribution in [2.75, 3.05) is 11.5 Å². The molecule has 4 heteroatoms. The van der Waals surface area contributed by atoms with Crippen LogP contribution in [0.3, 0.4) is 0 Å². The zero-order valence-corrected chi connectivity index (χ0v) is 11.3. The molecule has 2 unspecified atom stereocenters. The SMILES string of the molecule is O=S1(=O)CCC(CC(O)CC2CCCCC2)C1. The summed E-state index contributed by atoms with van der Waals surface area (Å²) in [6.45, 7) is 0. The van der Waals surface area contributed by atoms with Gasteiger partial charge >= 0.3 is 0 Å². The number of hydrogen-bond donors (Lipinski definition) is 1. The molecule has 17 heavy (non-hydrogen) atoms. The molecule has 2 atom stereocenters. The lowest BCUT2D eigenvalue weighted by Crippen LogP contribution is -2.20. The summed E-state index contributed by atoms with van der Waals surface area (Å²) in [6.07, 6.45) is 8.49. The second-order valence-electron chi connectivity index (χ2n) is 5.90. The van der Waals surface area contributed by atoms with Crippen molar-refractivity contribution >= 4 is 9.84 Å². The van der Waals surface area contributed by atoms with Gasteiger partial charge in [0.2, 0.25) is 0 Å². The molecule has 2 rings (SSSR count). The topological polar surface area (TPSA) is 54.4 Å². The van der Waals surface area contributed by atoms with Gasteiger partial charge in [0.15, 0.2) is 9.84 Å². The summed E-state index contributed by atoms with van der Waals surface area (Å²) in [7, 11) is -2.79. The Bertz CT molecular complexity index is 331. The first-order valence-corrected chi connectivity index (χ1v) is 8.76. The lowest BCUT2D eigenvalue weighted by Gasteiger charge is -2.25. The molecular weight excluding hydrogens is 236 g/mol. The largest absolute Gasteiger partial charge is 0.393 e. The van der Waals surface area contributed by atoms with Crippen LogP contribution in [0, 0.1) is 11.8 Å². The van der Waals surface area contributed by atoms with Gasteiger partial charge in [0.05, 0.1) is 17.6 Å². The van der Waals surface area contributed by atoms with Crippen LogP contribution in [0.25, 0.3) is 0 Å². The first-order valence-electron chi connectivity index (χ1n) is 6.93. The van der Waals surface area contributed by atoms with Gasteiger partial charge in [-0.05, 0) is 31.1 Å². The molecular formula is C13H24O3S. The summed E-state index contributed by atoms with van der Waals surface area (Å²) < 4.78 is 22.7. The molecule has 0 amide bonds. The Labute approximate surface area is 105 Å². The standard InChI is InChI=1S/C13H24O3S/c14-13(8-11-4-2-1-3-5-11)9-12-6-7-17(15,16)10-12/h11-14H,1-10H2. The van der Waals surface area contributed by atoms with Crippen LogP contribution in [0.4, 0.5) is 0 Å². The van der Waals surface area contributed by atoms with Crippen LogP contribution in [-0.4, -0.2) is 31.1 Å². The Morgan fingerprint density at radius 3 is 2.24 bits per heavy atom. The summed E-state index contributed by atoms with van der Waals surface area (Å²) in [6, 6.07) is 0. The van der Waals surface area contributed by atoms with E-state index in [1.54, 1.807) is 0 Å². The molecule has 100 valence electrons. The van der Waals surface area contributed by atoms with Crippen molar-refractivity contribution in [3.05, 3.63) is 0 Å². The normalized spacial score (nSPS) is 31.5. The summed E-state index contributed by atoms with van der Waals surface area (Å²) in [4.78, 5) is 0. The predicted molar refractivity (Wildman–Crippen MR) is 68.6 cm³/mol. The van der Waals surface area contributed by atoms with E-state index in [9.17, 15) is 13.5 Å². The van der Waals surface area contributed by atoms with Crippen molar-refractivity contribution in [2.24, 2.45) is 11.8 Å². The van der Waals surface area contributed by atoms with Crippen molar-refractivity contribution in [3.8, 4) is 0 Å². The third kappa shape index (κ3) is 4.25. The molecule has 2 fully saturated rings. The van der Waals surface area contributed by atoms with Crippen LogP contribution < -0.4 is 0 Å². The van der Waals surface area contributed by atoms with Crippen LogP contribution >= 0.6 is 0 Å². The van der Waals surface area contributed by atoms with E-state index in [-0.39, 0.29) is 12.0 Å². The van der Waals surface area contributed by atoms with Crippen LogP contribution in [0.15, 0.2) is 0 Å². The summed E-state index contributed by atoms with van der Waals surface area (Å²) in [5.74, 6) is 1.51. The molecule has 1 saturated heterocycles. The van der Waals surface area contributed by atoms with E-state index in [1.165, 1.54) is 32.1 Å². The van der Waals surface area contributed by atoms with Crippen molar-refractivity contribution in [3.63, 3.8) is 0 Å². The summed E-state index contributed by atoms with van der Waals surface area (Å²) in [5.41, 5.74) is 0. The summed E-state index contributed by atoms with van der Waals surface area (Å²) >= 11 is 0. The Hall–Kier alpha value is -0.0900. The third-order valence-electron chi connectivity index (χ3n) is 4.26. The van der Waals surface area contributed by atoms with Gasteiger partial charge in [-0.2, -0.15) is 0 Å². The molecule has 1 saturated carbocycles. The molecule has 1 aliphatic carbocycles. The number of hydrogen-bond acceptors (Lipinski definition) is 3. The van der Waals surface area contributed by atoms with Gasteiger partial charge < -0.3 is 5.11 Å². The molecule has 2 aliphatic rings. The molecule has 0 radical (unpaired) electrons. The van der Waals surface area contributed by atoms with E-state index in [1.807, 2.05) is 0 Å². The first kappa shape index (κ1) is 13.3. The van der Waals surface area contributed by atoms with Gasteiger partial charge in [-0.15, -0.1) is 0 Å². The molecule has 1 N–H and O–H groups in total. The molecule has 1 heterocycles. The van der Waals surface area contributed by atoms with Gasteiger partial charge in [-0.3, -0.25) is 0 Å². The fraction of sp³-hybridized carbons (Fsp3) is 1.00. The minimum atomic E-state index is -2.79. The van der Waals surface area contributed by atoms with Gasteiger partial charge in [0.25, 0.3) is 0 Å². The minimum absolute atomic E-state index is 0.207. The minimum Gasteiger partial charge on any atom is -0.393 e. The van der Waals surface area contributed by atoms with Crippen LogP contribution in [0.2, 0.25) is 0 Å². The predicted octanol–water partition coefficient (Wildman–Crippen LogP) is 2.14. The zero-order chi connectivity index (χ0) is 12.3. The van der Waals surface area contributed by atoms with E-state index in [2.05, 4.69) is 0 Å². The zero-order valence-electron chi connectivity index (χ0n) is 10.5. The smallest absolute Gasteiger partial charge is 0.150 e. The third-order valence-corrected chi connectivity index (χ3v) is 6.10. The fourth-order valence-corrected chi connectivity index (χ4v) is 5.23. The summed E-state index contributed by atoms with van der Waals surface area (Å²) in [5, 5.41) is 10.0. The van der Waals surface area contributed by atoms with Crippen LogP contribution in [-0.2, 0) is 9.84 Å². The van der Waals surface area contributed by atoms with E-state index >= 15 is 0 Å². The van der Waals surface area contributed by atoms with E-state index in [0.29, 0.717) is 23.8 Å². The Kier molecular flexibility index (Phi) is 4.47. The number of sulfone groups is 1. The second kappa shape index (κ2) is 5.70. The average Bonchev–Trinajstić information content (AvgIpc) is 2.59. The molecule has 1 aliphatic heterocycles.